The maximum Gasteiger partial charge on any atom is 0.237 e. The molecule has 0 aromatic rings. The molecule has 3 N–H and O–H groups in total. The molecule has 1 unspecified atom stereocenters. The second-order valence-electron chi connectivity index (χ2n) is 5.58. The number of carbonyl (C=O) groups excluding carboxylic acids is 1. The first-order valence-electron chi connectivity index (χ1n) is 6.95. The lowest BCUT2D eigenvalue weighted by molar-refractivity contribution is -0.129. The molecule has 0 radical (unpaired) electrons. The van der Waals surface area contributed by atoms with Crippen molar-refractivity contribution in [1.82, 2.24) is 10.2 Å². The molecule has 1 aliphatic heterocycles. The molecule has 1 atom stereocenters. The molecule has 0 aromatic carbocycles. The molecule has 1 saturated carbocycles. The van der Waals surface area contributed by atoms with Crippen LogP contribution in [0.3, 0.4) is 0 Å². The van der Waals surface area contributed by atoms with Crippen molar-refractivity contribution in [2.24, 2.45) is 11.7 Å². The van der Waals surface area contributed by atoms with Crippen LogP contribution in [0, 0.1) is 5.92 Å². The highest BCUT2D eigenvalue weighted by Crippen LogP contribution is 2.20. The van der Waals surface area contributed by atoms with Crippen molar-refractivity contribution in [2.75, 3.05) is 19.6 Å². The van der Waals surface area contributed by atoms with E-state index in [9.17, 15) is 4.79 Å². The van der Waals surface area contributed by atoms with Crippen LogP contribution in [-0.4, -0.2) is 42.5 Å². The van der Waals surface area contributed by atoms with Crippen LogP contribution in [0.25, 0.3) is 0 Å². The quantitative estimate of drug-likeness (QED) is 0.760. The molecule has 1 amide bonds. The molecule has 4 nitrogen and oxygen atoms in total. The van der Waals surface area contributed by atoms with Gasteiger partial charge in [0, 0.05) is 19.1 Å². The van der Waals surface area contributed by atoms with Crippen molar-refractivity contribution in [1.29, 1.82) is 0 Å². The molecule has 2 rings (SSSR count). The van der Waals surface area contributed by atoms with E-state index in [-0.39, 0.29) is 11.9 Å². The van der Waals surface area contributed by atoms with Crippen molar-refractivity contribution in [3.05, 3.63) is 0 Å². The molecule has 4 heteroatoms. The molecule has 0 spiro atoms. The number of hydrogen-bond acceptors (Lipinski definition) is 3. The zero-order valence-electron chi connectivity index (χ0n) is 10.8. The lowest BCUT2D eigenvalue weighted by atomic mass is 9.94. The molecule has 2 fully saturated rings. The molecule has 1 heterocycles. The van der Waals surface area contributed by atoms with Gasteiger partial charge in [0.05, 0.1) is 6.04 Å². The fourth-order valence-corrected chi connectivity index (χ4v) is 2.81. The Kier molecular flexibility index (Phi) is 4.40. The number of nitrogens with one attached hydrogen (secondary N) is 1. The third-order valence-electron chi connectivity index (χ3n) is 4.20. The molecule has 17 heavy (non-hydrogen) atoms. The zero-order chi connectivity index (χ0) is 12.3. The van der Waals surface area contributed by atoms with Gasteiger partial charge in [-0.25, -0.2) is 0 Å². The van der Waals surface area contributed by atoms with E-state index < -0.39 is 0 Å². The van der Waals surface area contributed by atoms with Crippen molar-refractivity contribution in [3.8, 4) is 0 Å². The summed E-state index contributed by atoms with van der Waals surface area (Å²) in [5.41, 5.74) is 5.59. The lowest BCUT2D eigenvalue weighted by Gasteiger charge is -2.42. The fraction of sp³-hybridized carbons (Fsp3) is 0.923. The standard InChI is InChI=1S/C13H25N3O/c1-10(16-8-11(7-14)9-16)13(17)15-12-5-3-2-4-6-12/h10-12H,2-9,14H2,1H3,(H,15,17). The average molecular weight is 239 g/mol. The summed E-state index contributed by atoms with van der Waals surface area (Å²) in [6.07, 6.45) is 6.16. The molecule has 98 valence electrons. The van der Waals surface area contributed by atoms with Gasteiger partial charge in [0.1, 0.15) is 0 Å². The minimum absolute atomic E-state index is 0.0136. The van der Waals surface area contributed by atoms with Gasteiger partial charge >= 0.3 is 0 Å². The number of likely N-dealkylation sites (tertiary alicyclic amines) is 1. The summed E-state index contributed by atoms with van der Waals surface area (Å²) < 4.78 is 0. The van der Waals surface area contributed by atoms with Gasteiger partial charge < -0.3 is 11.1 Å². The smallest absolute Gasteiger partial charge is 0.237 e. The molecular weight excluding hydrogens is 214 g/mol. The van der Waals surface area contributed by atoms with Crippen LogP contribution in [0.2, 0.25) is 0 Å². The Morgan fingerprint density at radius 2 is 2.00 bits per heavy atom. The average Bonchev–Trinajstić information content (AvgIpc) is 2.28. The van der Waals surface area contributed by atoms with E-state index in [4.69, 9.17) is 5.73 Å². The van der Waals surface area contributed by atoms with Crippen LogP contribution < -0.4 is 11.1 Å². The van der Waals surface area contributed by atoms with E-state index in [2.05, 4.69) is 10.2 Å². The highest BCUT2D eigenvalue weighted by atomic mass is 16.2. The topological polar surface area (TPSA) is 58.4 Å². The van der Waals surface area contributed by atoms with E-state index in [1.54, 1.807) is 0 Å². The molecule has 1 aliphatic carbocycles. The van der Waals surface area contributed by atoms with Crippen LogP contribution in [0.4, 0.5) is 0 Å². The Hall–Kier alpha value is -0.610. The summed E-state index contributed by atoms with van der Waals surface area (Å²) in [6, 6.07) is 0.435. The minimum atomic E-state index is 0.0136. The zero-order valence-corrected chi connectivity index (χ0v) is 10.8. The molecule has 1 saturated heterocycles. The summed E-state index contributed by atoms with van der Waals surface area (Å²) in [5, 5.41) is 3.19. The van der Waals surface area contributed by atoms with Crippen molar-refractivity contribution in [2.45, 2.75) is 51.1 Å². The summed E-state index contributed by atoms with van der Waals surface area (Å²) in [4.78, 5) is 14.3. The van der Waals surface area contributed by atoms with Gasteiger partial charge in [-0.2, -0.15) is 0 Å². The Balaban J connectivity index is 1.71. The predicted octanol–water partition coefficient (Wildman–Crippen LogP) is 0.714. The summed E-state index contributed by atoms with van der Waals surface area (Å²) in [7, 11) is 0. The normalized spacial score (nSPS) is 25.3. The van der Waals surface area contributed by atoms with Gasteiger partial charge in [-0.3, -0.25) is 9.69 Å². The predicted molar refractivity (Wildman–Crippen MR) is 68.6 cm³/mol. The van der Waals surface area contributed by atoms with Crippen LogP contribution in [0.5, 0.6) is 0 Å². The Bertz CT molecular complexity index is 257. The van der Waals surface area contributed by atoms with E-state index >= 15 is 0 Å². The van der Waals surface area contributed by atoms with Crippen LogP contribution in [0.15, 0.2) is 0 Å². The highest BCUT2D eigenvalue weighted by molar-refractivity contribution is 5.81. The van der Waals surface area contributed by atoms with Gasteiger partial charge in [-0.1, -0.05) is 19.3 Å². The van der Waals surface area contributed by atoms with Crippen molar-refractivity contribution >= 4 is 5.91 Å². The summed E-state index contributed by atoms with van der Waals surface area (Å²) >= 11 is 0. The number of rotatable bonds is 4. The van der Waals surface area contributed by atoms with E-state index in [0.717, 1.165) is 32.5 Å². The maximum absolute atomic E-state index is 12.1. The van der Waals surface area contributed by atoms with Gasteiger partial charge in [-0.05, 0) is 32.2 Å². The molecule has 2 aliphatic rings. The van der Waals surface area contributed by atoms with E-state index in [1.807, 2.05) is 6.92 Å². The Morgan fingerprint density at radius 3 is 2.59 bits per heavy atom. The van der Waals surface area contributed by atoms with Crippen molar-refractivity contribution < 1.29 is 4.79 Å². The van der Waals surface area contributed by atoms with Crippen molar-refractivity contribution in [3.63, 3.8) is 0 Å². The number of nitrogens with two attached hydrogens (primary N) is 1. The van der Waals surface area contributed by atoms with E-state index in [1.165, 1.54) is 19.3 Å². The Morgan fingerprint density at radius 1 is 1.35 bits per heavy atom. The number of hydrogen-bond donors (Lipinski definition) is 2. The summed E-state index contributed by atoms with van der Waals surface area (Å²) in [5.74, 6) is 0.798. The Labute approximate surface area is 104 Å². The lowest BCUT2D eigenvalue weighted by Crippen LogP contribution is -2.58. The van der Waals surface area contributed by atoms with Gasteiger partial charge in [0.25, 0.3) is 0 Å². The van der Waals surface area contributed by atoms with Gasteiger partial charge in [0.2, 0.25) is 5.91 Å². The monoisotopic (exact) mass is 239 g/mol. The molecule has 0 aromatic heterocycles. The first kappa shape index (κ1) is 12.8. The highest BCUT2D eigenvalue weighted by Gasteiger charge is 2.33. The first-order valence-corrected chi connectivity index (χ1v) is 6.95. The maximum atomic E-state index is 12.1. The second kappa shape index (κ2) is 5.83. The third kappa shape index (κ3) is 3.19. The molecular formula is C13H25N3O. The number of amides is 1. The number of nitrogens with zero attached hydrogens (tertiary/aromatic N) is 1. The van der Waals surface area contributed by atoms with E-state index in [0.29, 0.717) is 12.0 Å². The largest absolute Gasteiger partial charge is 0.352 e. The first-order chi connectivity index (χ1) is 8.20. The van der Waals surface area contributed by atoms with Gasteiger partial charge in [0.15, 0.2) is 0 Å². The SMILES string of the molecule is CC(C(=O)NC1CCCCC1)N1CC(CN)C1. The minimum Gasteiger partial charge on any atom is -0.352 e. The van der Waals surface area contributed by atoms with Crippen LogP contribution in [-0.2, 0) is 4.79 Å². The third-order valence-corrected chi connectivity index (χ3v) is 4.20. The second-order valence-corrected chi connectivity index (χ2v) is 5.58. The van der Waals surface area contributed by atoms with Crippen LogP contribution >= 0.6 is 0 Å². The molecule has 0 bridgehead atoms. The summed E-state index contributed by atoms with van der Waals surface area (Å²) in [6.45, 7) is 4.71. The fourth-order valence-electron chi connectivity index (χ4n) is 2.81. The van der Waals surface area contributed by atoms with Crippen LogP contribution in [0.1, 0.15) is 39.0 Å². The number of carbonyl (C=O) groups is 1. The van der Waals surface area contributed by atoms with Gasteiger partial charge in [-0.15, -0.1) is 0 Å².